The number of hydrogen-bond acceptors (Lipinski definition) is 6. The minimum absolute atomic E-state index is 0.0255. The van der Waals surface area contributed by atoms with Crippen LogP contribution in [0.3, 0.4) is 0 Å². The fraction of sp³-hybridized carbons (Fsp3) is 0.250. The molecule has 1 heterocycles. The van der Waals surface area contributed by atoms with Crippen molar-refractivity contribution in [3.63, 3.8) is 0 Å². The van der Waals surface area contributed by atoms with Crippen LogP contribution >= 0.6 is 27.7 Å². The third-order valence-corrected chi connectivity index (χ3v) is 6.72. The van der Waals surface area contributed by atoms with Gasteiger partial charge in [-0.3, -0.25) is 14.4 Å². The van der Waals surface area contributed by atoms with Gasteiger partial charge in [-0.1, -0.05) is 52.0 Å². The van der Waals surface area contributed by atoms with Crippen LogP contribution in [0.2, 0.25) is 0 Å². The molecule has 170 valence electrons. The number of ether oxygens (including phenoxy) is 1. The van der Waals surface area contributed by atoms with E-state index in [0.717, 1.165) is 27.4 Å². The first-order valence-corrected chi connectivity index (χ1v) is 11.8. The van der Waals surface area contributed by atoms with Crippen LogP contribution in [0.5, 0.6) is 0 Å². The first-order chi connectivity index (χ1) is 15.7. The van der Waals surface area contributed by atoms with E-state index in [9.17, 15) is 19.6 Å². The second kappa shape index (κ2) is 10.7. The number of allylic oxidation sites excluding steroid dienone is 1. The van der Waals surface area contributed by atoms with Crippen molar-refractivity contribution in [3.05, 3.63) is 74.2 Å². The normalized spacial score (nSPS) is 17.7. The maximum atomic E-state index is 12.9. The van der Waals surface area contributed by atoms with Crippen LogP contribution in [0.4, 0.5) is 5.69 Å². The summed E-state index contributed by atoms with van der Waals surface area (Å²) in [7, 11) is 1.20. The van der Waals surface area contributed by atoms with Gasteiger partial charge in [0.25, 0.3) is 0 Å². The monoisotopic (exact) mass is 527 g/mol. The fourth-order valence-corrected chi connectivity index (χ4v) is 4.84. The molecule has 0 aromatic heterocycles. The molecule has 2 amide bonds. The van der Waals surface area contributed by atoms with Crippen molar-refractivity contribution >= 4 is 51.2 Å². The van der Waals surface area contributed by atoms with E-state index in [0.29, 0.717) is 11.3 Å². The lowest BCUT2D eigenvalue weighted by Gasteiger charge is -2.31. The van der Waals surface area contributed by atoms with Crippen molar-refractivity contribution < 1.29 is 19.1 Å². The minimum Gasteiger partial charge on any atom is -0.468 e. The van der Waals surface area contributed by atoms with Gasteiger partial charge in [-0.05, 0) is 48.7 Å². The van der Waals surface area contributed by atoms with Crippen LogP contribution in [-0.2, 0) is 19.1 Å². The number of amides is 2. The molecule has 0 bridgehead atoms. The molecule has 0 radical (unpaired) electrons. The van der Waals surface area contributed by atoms with E-state index in [1.54, 1.807) is 18.2 Å². The van der Waals surface area contributed by atoms with E-state index in [2.05, 4.69) is 32.6 Å². The highest BCUT2D eigenvalue weighted by Gasteiger charge is 2.44. The number of aryl methyl sites for hydroxylation is 2. The lowest BCUT2D eigenvalue weighted by atomic mass is 9.78. The molecule has 2 N–H and O–H groups in total. The molecule has 0 spiro atoms. The Morgan fingerprint density at radius 3 is 2.67 bits per heavy atom. The molecule has 33 heavy (non-hydrogen) atoms. The molecule has 0 unspecified atom stereocenters. The zero-order valence-corrected chi connectivity index (χ0v) is 20.7. The highest BCUT2D eigenvalue weighted by Crippen LogP contribution is 2.40. The quantitative estimate of drug-likeness (QED) is 0.431. The highest BCUT2D eigenvalue weighted by molar-refractivity contribution is 9.10. The molecule has 0 fully saturated rings. The minimum atomic E-state index is -1.22. The number of esters is 1. The van der Waals surface area contributed by atoms with Gasteiger partial charge in [0, 0.05) is 16.1 Å². The van der Waals surface area contributed by atoms with Gasteiger partial charge < -0.3 is 15.4 Å². The Balaban J connectivity index is 1.90. The van der Waals surface area contributed by atoms with Crippen molar-refractivity contribution in [2.24, 2.45) is 5.92 Å². The summed E-state index contributed by atoms with van der Waals surface area (Å²) in [6.45, 7) is 3.83. The zero-order valence-electron chi connectivity index (χ0n) is 18.3. The van der Waals surface area contributed by atoms with Gasteiger partial charge in [-0.2, -0.15) is 5.26 Å². The van der Waals surface area contributed by atoms with Gasteiger partial charge in [0.2, 0.25) is 11.8 Å². The molecule has 2 aromatic carbocycles. The second-order valence-electron chi connectivity index (χ2n) is 7.53. The average molecular weight is 528 g/mol. The smallest absolute Gasteiger partial charge is 0.319 e. The Labute approximate surface area is 204 Å². The Morgan fingerprint density at radius 2 is 2.00 bits per heavy atom. The topological polar surface area (TPSA) is 108 Å². The SMILES string of the molecule is COC(=O)[C@H]1C(=O)NC(SCC(=O)Nc2cc(C)ccc2C)=C(C#N)[C@@H]1c1cccc(Br)c1. The van der Waals surface area contributed by atoms with Crippen molar-refractivity contribution in [2.75, 3.05) is 18.2 Å². The zero-order chi connectivity index (χ0) is 24.1. The van der Waals surface area contributed by atoms with Crippen molar-refractivity contribution in [3.8, 4) is 6.07 Å². The summed E-state index contributed by atoms with van der Waals surface area (Å²) in [5.41, 5.74) is 3.47. The number of nitriles is 1. The molecular formula is C24H22BrN3O4S. The van der Waals surface area contributed by atoms with E-state index in [-0.39, 0.29) is 22.3 Å². The number of thioether (sulfide) groups is 1. The van der Waals surface area contributed by atoms with Crippen molar-refractivity contribution in [2.45, 2.75) is 19.8 Å². The van der Waals surface area contributed by atoms with Gasteiger partial charge in [0.05, 0.1) is 29.5 Å². The molecule has 0 aliphatic carbocycles. The van der Waals surface area contributed by atoms with Gasteiger partial charge >= 0.3 is 5.97 Å². The largest absolute Gasteiger partial charge is 0.468 e. The Kier molecular flexibility index (Phi) is 7.95. The number of hydrogen-bond donors (Lipinski definition) is 2. The average Bonchev–Trinajstić information content (AvgIpc) is 2.79. The number of anilines is 1. The molecule has 9 heteroatoms. The number of nitrogens with one attached hydrogen (secondary N) is 2. The first kappa shape index (κ1) is 24.6. The van der Waals surface area contributed by atoms with Gasteiger partial charge in [-0.15, -0.1) is 0 Å². The maximum absolute atomic E-state index is 12.9. The summed E-state index contributed by atoms with van der Waals surface area (Å²) in [5, 5.41) is 15.7. The molecular weight excluding hydrogens is 506 g/mol. The summed E-state index contributed by atoms with van der Waals surface area (Å²) in [6.07, 6.45) is 0. The Bertz CT molecular complexity index is 1190. The predicted octanol–water partition coefficient (Wildman–Crippen LogP) is 4.18. The number of halogens is 1. The van der Waals surface area contributed by atoms with E-state index in [4.69, 9.17) is 4.74 Å². The Morgan fingerprint density at radius 1 is 1.24 bits per heavy atom. The fourth-order valence-electron chi connectivity index (χ4n) is 3.57. The van der Waals surface area contributed by atoms with Gasteiger partial charge in [0.1, 0.15) is 5.92 Å². The summed E-state index contributed by atoms with van der Waals surface area (Å²) in [4.78, 5) is 37.9. The van der Waals surface area contributed by atoms with E-state index < -0.39 is 23.7 Å². The lowest BCUT2D eigenvalue weighted by Crippen LogP contribution is -2.44. The first-order valence-electron chi connectivity index (χ1n) is 10.0. The number of carbonyl (C=O) groups excluding carboxylic acids is 3. The third kappa shape index (κ3) is 5.64. The van der Waals surface area contributed by atoms with Gasteiger partial charge in [0.15, 0.2) is 0 Å². The second-order valence-corrected chi connectivity index (χ2v) is 9.43. The molecule has 3 rings (SSSR count). The maximum Gasteiger partial charge on any atom is 0.319 e. The predicted molar refractivity (Wildman–Crippen MR) is 130 cm³/mol. The molecule has 2 atom stereocenters. The summed E-state index contributed by atoms with van der Waals surface area (Å²) in [6, 6.07) is 15.0. The summed E-state index contributed by atoms with van der Waals surface area (Å²) in [5.74, 6) is -3.67. The lowest BCUT2D eigenvalue weighted by molar-refractivity contribution is -0.150. The van der Waals surface area contributed by atoms with Gasteiger partial charge in [-0.25, -0.2) is 0 Å². The van der Waals surface area contributed by atoms with E-state index >= 15 is 0 Å². The van der Waals surface area contributed by atoms with E-state index in [1.807, 2.05) is 38.1 Å². The summed E-state index contributed by atoms with van der Waals surface area (Å²) >= 11 is 4.44. The number of carbonyl (C=O) groups is 3. The van der Waals surface area contributed by atoms with Crippen LogP contribution in [0, 0.1) is 31.1 Å². The van der Waals surface area contributed by atoms with Crippen LogP contribution in [-0.4, -0.2) is 30.6 Å². The summed E-state index contributed by atoms with van der Waals surface area (Å²) < 4.78 is 5.59. The Hall–Kier alpha value is -3.09. The van der Waals surface area contributed by atoms with Crippen LogP contribution < -0.4 is 10.6 Å². The van der Waals surface area contributed by atoms with Crippen molar-refractivity contribution in [1.82, 2.24) is 5.32 Å². The molecule has 0 saturated heterocycles. The van der Waals surface area contributed by atoms with E-state index in [1.165, 1.54) is 7.11 Å². The molecule has 7 nitrogen and oxygen atoms in total. The van der Waals surface area contributed by atoms with Crippen LogP contribution in [0.1, 0.15) is 22.6 Å². The van der Waals surface area contributed by atoms with Crippen molar-refractivity contribution in [1.29, 1.82) is 5.26 Å². The molecule has 1 aliphatic rings. The van der Waals surface area contributed by atoms with Crippen LogP contribution in [0.15, 0.2) is 57.5 Å². The third-order valence-electron chi connectivity index (χ3n) is 5.21. The number of methoxy groups -OCH3 is 1. The number of rotatable bonds is 6. The number of nitrogens with zero attached hydrogens (tertiary/aromatic N) is 1. The van der Waals surface area contributed by atoms with Crippen LogP contribution in [0.25, 0.3) is 0 Å². The molecule has 0 saturated carbocycles. The highest BCUT2D eigenvalue weighted by atomic mass is 79.9. The molecule has 2 aromatic rings. The number of benzene rings is 2. The standard InChI is InChI=1S/C24H22BrN3O4S/c1-13-7-8-14(2)18(9-13)27-19(29)12-33-23-17(11-26)20(15-5-4-6-16(25)10-15)21(22(30)28-23)24(31)32-3/h4-10,20-21H,12H2,1-3H3,(H,27,29)(H,28,30)/t20-,21+/m0/s1. The molecule has 1 aliphatic heterocycles.